The lowest BCUT2D eigenvalue weighted by Gasteiger charge is -2.34. The van der Waals surface area contributed by atoms with Crippen LogP contribution in [0.1, 0.15) is 50.0 Å². The molecule has 7 heteroatoms. The third kappa shape index (κ3) is 4.55. The summed E-state index contributed by atoms with van der Waals surface area (Å²) in [6, 6.07) is 8.13. The molecule has 1 amide bonds. The Bertz CT molecular complexity index is 862. The number of fused-ring (bicyclic) bond motifs is 1. The molecule has 2 aliphatic rings. The van der Waals surface area contributed by atoms with Gasteiger partial charge in [0.15, 0.2) is 0 Å². The van der Waals surface area contributed by atoms with Crippen molar-refractivity contribution in [3.63, 3.8) is 0 Å². The van der Waals surface area contributed by atoms with Crippen LogP contribution in [-0.4, -0.2) is 64.9 Å². The quantitative estimate of drug-likeness (QED) is 0.826. The van der Waals surface area contributed by atoms with Crippen LogP contribution in [0.25, 0.3) is 10.9 Å². The lowest BCUT2D eigenvalue weighted by Crippen LogP contribution is -2.42. The highest BCUT2D eigenvalue weighted by atomic mass is 19.3. The van der Waals surface area contributed by atoms with E-state index < -0.39 is 5.92 Å². The van der Waals surface area contributed by atoms with E-state index in [1.54, 1.807) is 6.07 Å². The number of likely N-dealkylation sites (tertiary alicyclic amines) is 2. The van der Waals surface area contributed by atoms with E-state index in [1.165, 1.54) is 4.90 Å². The Balaban J connectivity index is 1.41. The first kappa shape index (κ1) is 20.1. The van der Waals surface area contributed by atoms with Crippen LogP contribution in [0.15, 0.2) is 24.3 Å². The zero-order valence-electron chi connectivity index (χ0n) is 17.1. The minimum Gasteiger partial charge on any atom is -0.490 e. The fourth-order valence-electron chi connectivity index (χ4n) is 4.21. The number of H-pyrrole nitrogens is 1. The van der Waals surface area contributed by atoms with Gasteiger partial charge in [-0.25, -0.2) is 8.78 Å². The highest BCUT2D eigenvalue weighted by molar-refractivity contribution is 5.98. The van der Waals surface area contributed by atoms with Crippen molar-refractivity contribution >= 4 is 16.8 Å². The van der Waals surface area contributed by atoms with Gasteiger partial charge in [-0.1, -0.05) is 0 Å². The number of carbonyl (C=O) groups is 1. The van der Waals surface area contributed by atoms with E-state index in [0.717, 1.165) is 42.6 Å². The molecule has 2 fully saturated rings. The Labute approximate surface area is 170 Å². The number of benzene rings is 1. The van der Waals surface area contributed by atoms with Gasteiger partial charge in [-0.15, -0.1) is 0 Å². The lowest BCUT2D eigenvalue weighted by atomic mass is 10.1. The summed E-state index contributed by atoms with van der Waals surface area (Å²) in [5.74, 6) is -2.08. The Kier molecular flexibility index (Phi) is 5.51. The van der Waals surface area contributed by atoms with Crippen LogP contribution in [0.5, 0.6) is 5.75 Å². The molecule has 5 nitrogen and oxygen atoms in total. The van der Waals surface area contributed by atoms with Crippen molar-refractivity contribution in [2.45, 2.75) is 57.6 Å². The maximum atomic E-state index is 13.3. The standard InChI is InChI=1S/C22H29F2N3O2/c1-15(2)26-9-5-17(6-10-26)29-18-3-4-19-16(13-18)14-20(25-19)21(28)27-11-7-22(23,24)8-12-27/h3-4,13-15,17,25H,5-12H2,1-2H3. The Morgan fingerprint density at radius 3 is 2.48 bits per heavy atom. The number of aromatic nitrogens is 1. The van der Waals surface area contributed by atoms with E-state index in [4.69, 9.17) is 4.74 Å². The van der Waals surface area contributed by atoms with Crippen LogP contribution in [0, 0.1) is 0 Å². The van der Waals surface area contributed by atoms with E-state index in [9.17, 15) is 13.6 Å². The molecule has 0 spiro atoms. The molecule has 3 heterocycles. The van der Waals surface area contributed by atoms with Crippen molar-refractivity contribution in [3.05, 3.63) is 30.0 Å². The molecule has 4 rings (SSSR count). The number of aromatic amines is 1. The molecule has 2 aliphatic heterocycles. The molecule has 1 aromatic heterocycles. The van der Waals surface area contributed by atoms with E-state index in [-0.39, 0.29) is 37.9 Å². The van der Waals surface area contributed by atoms with Gasteiger partial charge < -0.3 is 19.5 Å². The van der Waals surface area contributed by atoms with Gasteiger partial charge in [0.25, 0.3) is 11.8 Å². The molecule has 2 saturated heterocycles. The van der Waals surface area contributed by atoms with Gasteiger partial charge in [-0.3, -0.25) is 4.79 Å². The Hall–Kier alpha value is -2.15. The number of hydrogen-bond acceptors (Lipinski definition) is 3. The fourth-order valence-corrected chi connectivity index (χ4v) is 4.21. The van der Waals surface area contributed by atoms with E-state index in [1.807, 2.05) is 18.2 Å². The van der Waals surface area contributed by atoms with Crippen LogP contribution in [-0.2, 0) is 0 Å². The monoisotopic (exact) mass is 405 g/mol. The summed E-state index contributed by atoms with van der Waals surface area (Å²) < 4.78 is 32.9. The van der Waals surface area contributed by atoms with Crippen molar-refractivity contribution in [1.29, 1.82) is 0 Å². The summed E-state index contributed by atoms with van der Waals surface area (Å²) in [5, 5.41) is 0.896. The molecular weight excluding hydrogens is 376 g/mol. The maximum Gasteiger partial charge on any atom is 0.270 e. The maximum absolute atomic E-state index is 13.3. The van der Waals surface area contributed by atoms with Crippen molar-refractivity contribution in [2.24, 2.45) is 0 Å². The molecule has 1 N–H and O–H groups in total. The van der Waals surface area contributed by atoms with Crippen LogP contribution < -0.4 is 4.74 Å². The first-order valence-electron chi connectivity index (χ1n) is 10.5. The number of hydrogen-bond donors (Lipinski definition) is 1. The summed E-state index contributed by atoms with van der Waals surface area (Å²) in [6.45, 7) is 6.70. The summed E-state index contributed by atoms with van der Waals surface area (Å²) in [4.78, 5) is 19.8. The number of carbonyl (C=O) groups excluding carboxylic acids is 1. The van der Waals surface area contributed by atoms with Crippen LogP contribution in [0.3, 0.4) is 0 Å². The Morgan fingerprint density at radius 2 is 1.83 bits per heavy atom. The normalized spacial score (nSPS) is 21.1. The predicted octanol–water partition coefficient (Wildman–Crippen LogP) is 4.29. The van der Waals surface area contributed by atoms with Gasteiger partial charge in [0.05, 0.1) is 0 Å². The van der Waals surface area contributed by atoms with Crippen molar-refractivity contribution in [1.82, 2.24) is 14.8 Å². The Morgan fingerprint density at radius 1 is 1.14 bits per heavy atom. The average Bonchev–Trinajstić information content (AvgIpc) is 3.11. The van der Waals surface area contributed by atoms with Crippen LogP contribution in [0.2, 0.25) is 0 Å². The van der Waals surface area contributed by atoms with Crippen LogP contribution >= 0.6 is 0 Å². The number of ether oxygens (including phenoxy) is 1. The van der Waals surface area contributed by atoms with Gasteiger partial charge in [0, 0.05) is 56.0 Å². The first-order chi connectivity index (χ1) is 13.8. The van der Waals surface area contributed by atoms with Gasteiger partial charge in [-0.05, 0) is 51.0 Å². The topological polar surface area (TPSA) is 48.6 Å². The number of nitrogens with one attached hydrogen (secondary N) is 1. The molecule has 0 radical (unpaired) electrons. The molecule has 0 saturated carbocycles. The number of amides is 1. The zero-order valence-corrected chi connectivity index (χ0v) is 17.1. The van der Waals surface area contributed by atoms with Crippen LogP contribution in [0.4, 0.5) is 8.78 Å². The van der Waals surface area contributed by atoms with E-state index in [2.05, 4.69) is 23.7 Å². The highest BCUT2D eigenvalue weighted by Crippen LogP contribution is 2.29. The average molecular weight is 405 g/mol. The number of nitrogens with zero attached hydrogens (tertiary/aromatic N) is 2. The predicted molar refractivity (Wildman–Crippen MR) is 109 cm³/mol. The highest BCUT2D eigenvalue weighted by Gasteiger charge is 2.36. The largest absolute Gasteiger partial charge is 0.490 e. The number of halogens is 2. The van der Waals surface area contributed by atoms with Crippen molar-refractivity contribution in [2.75, 3.05) is 26.2 Å². The SMILES string of the molecule is CC(C)N1CCC(Oc2ccc3[nH]c(C(=O)N4CCC(F)(F)CC4)cc3c2)CC1. The molecule has 158 valence electrons. The van der Waals surface area contributed by atoms with E-state index in [0.29, 0.717) is 11.7 Å². The summed E-state index contributed by atoms with van der Waals surface area (Å²) in [7, 11) is 0. The molecule has 29 heavy (non-hydrogen) atoms. The molecular formula is C22H29F2N3O2. The summed E-state index contributed by atoms with van der Waals surface area (Å²) in [5.41, 5.74) is 1.28. The molecule has 0 unspecified atom stereocenters. The lowest BCUT2D eigenvalue weighted by molar-refractivity contribution is -0.0495. The van der Waals surface area contributed by atoms with Gasteiger partial charge in [0.1, 0.15) is 17.5 Å². The second-order valence-electron chi connectivity index (χ2n) is 8.53. The van der Waals surface area contributed by atoms with Gasteiger partial charge in [-0.2, -0.15) is 0 Å². The third-order valence-corrected chi connectivity index (χ3v) is 6.11. The molecule has 0 atom stereocenters. The summed E-state index contributed by atoms with van der Waals surface area (Å²) >= 11 is 0. The molecule has 1 aromatic carbocycles. The van der Waals surface area contributed by atoms with Gasteiger partial charge in [0.2, 0.25) is 0 Å². The zero-order chi connectivity index (χ0) is 20.6. The minimum atomic E-state index is -2.66. The smallest absolute Gasteiger partial charge is 0.270 e. The van der Waals surface area contributed by atoms with Crippen molar-refractivity contribution in [3.8, 4) is 5.75 Å². The first-order valence-corrected chi connectivity index (χ1v) is 10.5. The summed E-state index contributed by atoms with van der Waals surface area (Å²) in [6.07, 6.45) is 1.68. The third-order valence-electron chi connectivity index (χ3n) is 6.11. The fraction of sp³-hybridized carbons (Fsp3) is 0.591. The minimum absolute atomic E-state index is 0.0879. The molecule has 0 aliphatic carbocycles. The molecule has 2 aromatic rings. The number of alkyl halides is 2. The second kappa shape index (κ2) is 7.94. The van der Waals surface area contributed by atoms with E-state index >= 15 is 0 Å². The molecule has 0 bridgehead atoms. The van der Waals surface area contributed by atoms with Gasteiger partial charge >= 0.3 is 0 Å². The number of piperidine rings is 2. The number of rotatable bonds is 4. The van der Waals surface area contributed by atoms with Crippen molar-refractivity contribution < 1.29 is 18.3 Å². The second-order valence-corrected chi connectivity index (χ2v) is 8.53.